The molecular formula is C11H17ClN2O. The van der Waals surface area contributed by atoms with Crippen LogP contribution in [0.4, 0.5) is 0 Å². The maximum absolute atomic E-state index is 6.04. The Balaban J connectivity index is 2.59. The Kier molecular flexibility index (Phi) is 4.85. The van der Waals surface area contributed by atoms with Crippen LogP contribution in [-0.4, -0.2) is 37.6 Å². The monoisotopic (exact) mass is 228 g/mol. The number of ether oxygens (including phenoxy) is 1. The van der Waals surface area contributed by atoms with E-state index in [4.69, 9.17) is 16.3 Å². The molecule has 0 spiro atoms. The van der Waals surface area contributed by atoms with Crippen LogP contribution in [0.2, 0.25) is 5.02 Å². The van der Waals surface area contributed by atoms with Crippen LogP contribution in [0.5, 0.6) is 5.88 Å². The van der Waals surface area contributed by atoms with Crippen molar-refractivity contribution >= 4 is 11.6 Å². The molecule has 0 aliphatic carbocycles. The first-order chi connectivity index (χ1) is 7.13. The van der Waals surface area contributed by atoms with Crippen molar-refractivity contribution < 1.29 is 4.74 Å². The summed E-state index contributed by atoms with van der Waals surface area (Å²) in [6.45, 7) is 1.04. The number of methoxy groups -OCH3 is 1. The topological polar surface area (TPSA) is 25.4 Å². The third kappa shape index (κ3) is 4.06. The van der Waals surface area contributed by atoms with Crippen LogP contribution in [-0.2, 0) is 6.42 Å². The molecule has 0 unspecified atom stereocenters. The lowest BCUT2D eigenvalue weighted by atomic mass is 10.2. The van der Waals surface area contributed by atoms with Gasteiger partial charge in [0.2, 0.25) is 5.88 Å². The number of hydrogen-bond donors (Lipinski definition) is 0. The molecule has 0 aliphatic heterocycles. The second kappa shape index (κ2) is 5.93. The van der Waals surface area contributed by atoms with E-state index in [0.717, 1.165) is 30.1 Å². The Hall–Kier alpha value is -0.800. The van der Waals surface area contributed by atoms with Gasteiger partial charge in [-0.1, -0.05) is 11.6 Å². The molecular weight excluding hydrogens is 212 g/mol. The summed E-state index contributed by atoms with van der Waals surface area (Å²) in [4.78, 5) is 6.46. The number of aromatic nitrogens is 1. The van der Waals surface area contributed by atoms with Crippen molar-refractivity contribution in [3.63, 3.8) is 0 Å². The van der Waals surface area contributed by atoms with Crippen LogP contribution in [0.15, 0.2) is 12.1 Å². The standard InChI is InChI=1S/C11H17ClN2O/c1-14(2)8-4-5-10-9(12)6-7-11(13-10)15-3/h6-7H,4-5,8H2,1-3H3. The quantitative estimate of drug-likeness (QED) is 0.773. The smallest absolute Gasteiger partial charge is 0.213 e. The molecule has 0 radical (unpaired) electrons. The molecule has 4 heteroatoms. The maximum Gasteiger partial charge on any atom is 0.213 e. The van der Waals surface area contributed by atoms with Gasteiger partial charge in [-0.3, -0.25) is 0 Å². The van der Waals surface area contributed by atoms with Gasteiger partial charge in [-0.15, -0.1) is 0 Å². The van der Waals surface area contributed by atoms with E-state index in [1.807, 2.05) is 6.07 Å². The highest BCUT2D eigenvalue weighted by molar-refractivity contribution is 6.31. The lowest BCUT2D eigenvalue weighted by Crippen LogP contribution is -2.13. The summed E-state index contributed by atoms with van der Waals surface area (Å²) in [6.07, 6.45) is 1.93. The highest BCUT2D eigenvalue weighted by Gasteiger charge is 2.04. The van der Waals surface area contributed by atoms with Gasteiger partial charge in [-0.05, 0) is 39.5 Å². The van der Waals surface area contributed by atoms with Gasteiger partial charge in [-0.2, -0.15) is 0 Å². The van der Waals surface area contributed by atoms with Crippen LogP contribution < -0.4 is 4.74 Å². The first-order valence-corrected chi connectivity index (χ1v) is 5.35. The van der Waals surface area contributed by atoms with Gasteiger partial charge >= 0.3 is 0 Å². The summed E-state index contributed by atoms with van der Waals surface area (Å²) in [5.41, 5.74) is 0.915. The van der Waals surface area contributed by atoms with Crippen LogP contribution >= 0.6 is 11.6 Å². The molecule has 0 N–H and O–H groups in total. The van der Waals surface area contributed by atoms with Crippen molar-refractivity contribution in [2.45, 2.75) is 12.8 Å². The summed E-state index contributed by atoms with van der Waals surface area (Å²) < 4.78 is 5.06. The predicted molar refractivity (Wildman–Crippen MR) is 62.7 cm³/mol. The molecule has 0 amide bonds. The molecule has 84 valence electrons. The number of pyridine rings is 1. The second-order valence-electron chi connectivity index (χ2n) is 3.69. The Morgan fingerprint density at radius 3 is 2.73 bits per heavy atom. The number of halogens is 1. The fraction of sp³-hybridized carbons (Fsp3) is 0.545. The van der Waals surface area contributed by atoms with E-state index in [1.54, 1.807) is 13.2 Å². The van der Waals surface area contributed by atoms with Crippen molar-refractivity contribution in [1.29, 1.82) is 0 Å². The van der Waals surface area contributed by atoms with Gasteiger partial charge in [0.15, 0.2) is 0 Å². The van der Waals surface area contributed by atoms with Crippen LogP contribution in [0.1, 0.15) is 12.1 Å². The summed E-state index contributed by atoms with van der Waals surface area (Å²) >= 11 is 6.04. The molecule has 3 nitrogen and oxygen atoms in total. The highest BCUT2D eigenvalue weighted by Crippen LogP contribution is 2.19. The minimum absolute atomic E-state index is 0.624. The SMILES string of the molecule is COc1ccc(Cl)c(CCCN(C)C)n1. The summed E-state index contributed by atoms with van der Waals surface area (Å²) in [7, 11) is 5.72. The van der Waals surface area contributed by atoms with Gasteiger partial charge < -0.3 is 9.64 Å². The van der Waals surface area contributed by atoms with Crippen molar-refractivity contribution in [3.8, 4) is 5.88 Å². The van der Waals surface area contributed by atoms with Gasteiger partial charge in [0.05, 0.1) is 17.8 Å². The van der Waals surface area contributed by atoms with Gasteiger partial charge in [0, 0.05) is 6.07 Å². The number of aryl methyl sites for hydroxylation is 1. The molecule has 1 rings (SSSR count). The minimum atomic E-state index is 0.624. The zero-order valence-electron chi connectivity index (χ0n) is 9.46. The van der Waals surface area contributed by atoms with Gasteiger partial charge in [-0.25, -0.2) is 4.98 Å². The molecule has 0 fully saturated rings. The number of rotatable bonds is 5. The van der Waals surface area contributed by atoms with E-state index < -0.39 is 0 Å². The molecule has 1 aromatic heterocycles. The van der Waals surface area contributed by atoms with Crippen molar-refractivity contribution in [2.24, 2.45) is 0 Å². The Morgan fingerprint density at radius 1 is 1.40 bits per heavy atom. The predicted octanol–water partition coefficient (Wildman–Crippen LogP) is 2.24. The first-order valence-electron chi connectivity index (χ1n) is 4.97. The first kappa shape index (κ1) is 12.3. The third-order valence-electron chi connectivity index (χ3n) is 2.12. The fourth-order valence-corrected chi connectivity index (χ4v) is 1.52. The molecule has 15 heavy (non-hydrogen) atoms. The lowest BCUT2D eigenvalue weighted by molar-refractivity contribution is 0.390. The maximum atomic E-state index is 6.04. The lowest BCUT2D eigenvalue weighted by Gasteiger charge is -2.09. The molecule has 1 aromatic rings. The Morgan fingerprint density at radius 2 is 2.13 bits per heavy atom. The van der Waals surface area contributed by atoms with Gasteiger partial charge in [0.1, 0.15) is 0 Å². The van der Waals surface area contributed by atoms with E-state index in [0.29, 0.717) is 5.88 Å². The normalized spacial score (nSPS) is 10.7. The largest absolute Gasteiger partial charge is 0.481 e. The van der Waals surface area contributed by atoms with E-state index >= 15 is 0 Å². The molecule has 0 saturated carbocycles. The van der Waals surface area contributed by atoms with E-state index in [9.17, 15) is 0 Å². The van der Waals surface area contributed by atoms with Crippen LogP contribution in [0.3, 0.4) is 0 Å². The summed E-state index contributed by atoms with van der Waals surface area (Å²) in [5, 5.41) is 0.717. The zero-order valence-corrected chi connectivity index (χ0v) is 10.2. The highest BCUT2D eigenvalue weighted by atomic mass is 35.5. The average Bonchev–Trinajstić information content (AvgIpc) is 2.20. The van der Waals surface area contributed by atoms with E-state index in [1.165, 1.54) is 0 Å². The Labute approximate surface area is 96.0 Å². The summed E-state index contributed by atoms with van der Waals surface area (Å²) in [5.74, 6) is 0.624. The van der Waals surface area contributed by atoms with Crippen molar-refractivity contribution in [2.75, 3.05) is 27.7 Å². The molecule has 1 heterocycles. The second-order valence-corrected chi connectivity index (χ2v) is 4.10. The number of hydrogen-bond acceptors (Lipinski definition) is 3. The molecule has 0 aromatic carbocycles. The Bertz CT molecular complexity index is 315. The molecule has 0 bridgehead atoms. The van der Waals surface area contributed by atoms with E-state index in [-0.39, 0.29) is 0 Å². The fourth-order valence-electron chi connectivity index (χ4n) is 1.32. The molecule has 0 saturated heterocycles. The third-order valence-corrected chi connectivity index (χ3v) is 2.47. The molecule has 0 atom stereocenters. The minimum Gasteiger partial charge on any atom is -0.481 e. The van der Waals surface area contributed by atoms with Crippen molar-refractivity contribution in [1.82, 2.24) is 9.88 Å². The summed E-state index contributed by atoms with van der Waals surface area (Å²) in [6, 6.07) is 3.61. The van der Waals surface area contributed by atoms with Crippen LogP contribution in [0, 0.1) is 0 Å². The number of nitrogens with zero attached hydrogens (tertiary/aromatic N) is 2. The zero-order chi connectivity index (χ0) is 11.3. The van der Waals surface area contributed by atoms with E-state index in [2.05, 4.69) is 24.0 Å². The van der Waals surface area contributed by atoms with Crippen molar-refractivity contribution in [3.05, 3.63) is 22.8 Å². The van der Waals surface area contributed by atoms with Gasteiger partial charge in [0.25, 0.3) is 0 Å². The average molecular weight is 229 g/mol. The molecule has 0 aliphatic rings. The van der Waals surface area contributed by atoms with Crippen LogP contribution in [0.25, 0.3) is 0 Å².